The van der Waals surface area contributed by atoms with Crippen molar-refractivity contribution in [2.24, 2.45) is 0 Å². The minimum atomic E-state index is -0.360. The first-order chi connectivity index (χ1) is 7.72. The molecule has 1 N–H and O–H groups in total. The number of aliphatic hydroxyl groups excluding tert-OH is 1. The van der Waals surface area contributed by atoms with E-state index in [2.05, 4.69) is 26.0 Å². The SMILES string of the molecule is CCC(C)c1ccc2c(c1)C(O)CCCO2. The smallest absolute Gasteiger partial charge is 0.125 e. The van der Waals surface area contributed by atoms with Crippen molar-refractivity contribution in [3.05, 3.63) is 29.3 Å². The molecule has 0 spiro atoms. The summed E-state index contributed by atoms with van der Waals surface area (Å²) in [5.74, 6) is 1.40. The fourth-order valence-corrected chi connectivity index (χ4v) is 2.12. The zero-order chi connectivity index (χ0) is 11.5. The van der Waals surface area contributed by atoms with Crippen molar-refractivity contribution in [3.8, 4) is 5.75 Å². The van der Waals surface area contributed by atoms with Gasteiger partial charge >= 0.3 is 0 Å². The third-order valence-corrected chi connectivity index (χ3v) is 3.45. The van der Waals surface area contributed by atoms with Crippen LogP contribution in [0.3, 0.4) is 0 Å². The van der Waals surface area contributed by atoms with Gasteiger partial charge < -0.3 is 9.84 Å². The van der Waals surface area contributed by atoms with Gasteiger partial charge in [0.2, 0.25) is 0 Å². The van der Waals surface area contributed by atoms with Gasteiger partial charge in [-0.1, -0.05) is 19.9 Å². The predicted molar refractivity (Wildman–Crippen MR) is 64.8 cm³/mol. The van der Waals surface area contributed by atoms with Gasteiger partial charge in [-0.25, -0.2) is 0 Å². The van der Waals surface area contributed by atoms with Crippen LogP contribution in [-0.2, 0) is 0 Å². The summed E-state index contributed by atoms with van der Waals surface area (Å²) in [7, 11) is 0. The summed E-state index contributed by atoms with van der Waals surface area (Å²) in [4.78, 5) is 0. The van der Waals surface area contributed by atoms with Crippen LogP contribution in [0.1, 0.15) is 56.3 Å². The first-order valence-electron chi connectivity index (χ1n) is 6.17. The molecule has 0 aromatic heterocycles. The van der Waals surface area contributed by atoms with Gasteiger partial charge in [-0.15, -0.1) is 0 Å². The molecule has 88 valence electrons. The highest BCUT2D eigenvalue weighted by atomic mass is 16.5. The Morgan fingerprint density at radius 2 is 2.31 bits per heavy atom. The maximum atomic E-state index is 10.0. The molecular formula is C14H20O2. The minimum absolute atomic E-state index is 0.360. The quantitative estimate of drug-likeness (QED) is 0.827. The van der Waals surface area contributed by atoms with Crippen LogP contribution in [0.2, 0.25) is 0 Å². The Balaban J connectivity index is 2.35. The van der Waals surface area contributed by atoms with E-state index in [9.17, 15) is 5.11 Å². The monoisotopic (exact) mass is 220 g/mol. The van der Waals surface area contributed by atoms with Gasteiger partial charge in [-0.3, -0.25) is 0 Å². The number of hydrogen-bond donors (Lipinski definition) is 1. The summed E-state index contributed by atoms with van der Waals surface area (Å²) >= 11 is 0. The Kier molecular flexibility index (Phi) is 3.49. The average molecular weight is 220 g/mol. The minimum Gasteiger partial charge on any atom is -0.493 e. The van der Waals surface area contributed by atoms with Gasteiger partial charge in [0.15, 0.2) is 0 Å². The van der Waals surface area contributed by atoms with Crippen LogP contribution in [0.4, 0.5) is 0 Å². The Labute approximate surface area is 97.3 Å². The van der Waals surface area contributed by atoms with E-state index in [1.165, 1.54) is 5.56 Å². The second-order valence-electron chi connectivity index (χ2n) is 4.61. The predicted octanol–water partition coefficient (Wildman–Crippen LogP) is 3.41. The Bertz CT molecular complexity index is 360. The molecule has 2 atom stereocenters. The number of hydrogen-bond acceptors (Lipinski definition) is 2. The van der Waals surface area contributed by atoms with Crippen LogP contribution >= 0.6 is 0 Å². The number of ether oxygens (including phenoxy) is 1. The standard InChI is InChI=1S/C14H20O2/c1-3-10(2)11-6-7-14-12(9-11)13(15)5-4-8-16-14/h6-7,9-10,13,15H,3-5,8H2,1-2H3. The summed E-state index contributed by atoms with van der Waals surface area (Å²) in [6, 6.07) is 6.23. The Morgan fingerprint density at radius 3 is 3.06 bits per heavy atom. The molecule has 2 heteroatoms. The lowest BCUT2D eigenvalue weighted by Crippen LogP contribution is -2.00. The zero-order valence-electron chi connectivity index (χ0n) is 10.1. The van der Waals surface area contributed by atoms with E-state index in [4.69, 9.17) is 4.74 Å². The van der Waals surface area contributed by atoms with Gasteiger partial charge in [-0.2, -0.15) is 0 Å². The van der Waals surface area contributed by atoms with Crippen molar-refractivity contribution in [1.82, 2.24) is 0 Å². The van der Waals surface area contributed by atoms with Crippen molar-refractivity contribution < 1.29 is 9.84 Å². The Hall–Kier alpha value is -1.02. The molecule has 0 aliphatic carbocycles. The van der Waals surface area contributed by atoms with Crippen molar-refractivity contribution in [2.45, 2.75) is 45.1 Å². The van der Waals surface area contributed by atoms with Crippen LogP contribution in [0, 0.1) is 0 Å². The van der Waals surface area contributed by atoms with Gasteiger partial charge in [0, 0.05) is 5.56 Å². The number of benzene rings is 1. The molecule has 0 bridgehead atoms. The summed E-state index contributed by atoms with van der Waals surface area (Å²) in [6.45, 7) is 5.11. The molecule has 1 aromatic rings. The molecule has 16 heavy (non-hydrogen) atoms. The first kappa shape index (κ1) is 11.5. The molecule has 0 fully saturated rings. The molecule has 0 saturated heterocycles. The molecular weight excluding hydrogens is 200 g/mol. The number of rotatable bonds is 2. The highest BCUT2D eigenvalue weighted by Gasteiger charge is 2.18. The van der Waals surface area contributed by atoms with Crippen molar-refractivity contribution in [2.75, 3.05) is 6.61 Å². The lowest BCUT2D eigenvalue weighted by atomic mass is 9.94. The Morgan fingerprint density at radius 1 is 1.50 bits per heavy atom. The summed E-state index contributed by atoms with van der Waals surface area (Å²) in [5.41, 5.74) is 2.26. The van der Waals surface area contributed by atoms with Crippen LogP contribution < -0.4 is 4.74 Å². The average Bonchev–Trinajstić information content (AvgIpc) is 2.50. The number of fused-ring (bicyclic) bond motifs is 1. The van der Waals surface area contributed by atoms with E-state index < -0.39 is 0 Å². The van der Waals surface area contributed by atoms with Crippen LogP contribution in [0.25, 0.3) is 0 Å². The molecule has 1 aliphatic heterocycles. The van der Waals surface area contributed by atoms with Crippen molar-refractivity contribution in [3.63, 3.8) is 0 Å². The summed E-state index contributed by atoms with van der Waals surface area (Å²) in [5, 5.41) is 10.0. The maximum absolute atomic E-state index is 10.0. The van der Waals surface area contributed by atoms with Gasteiger partial charge in [0.1, 0.15) is 5.75 Å². The molecule has 2 unspecified atom stereocenters. The van der Waals surface area contributed by atoms with E-state index in [0.717, 1.165) is 30.6 Å². The molecule has 1 aromatic carbocycles. The molecule has 0 radical (unpaired) electrons. The highest BCUT2D eigenvalue weighted by Crippen LogP contribution is 2.34. The molecule has 1 heterocycles. The lowest BCUT2D eigenvalue weighted by Gasteiger charge is -2.15. The van der Waals surface area contributed by atoms with Crippen molar-refractivity contribution in [1.29, 1.82) is 0 Å². The van der Waals surface area contributed by atoms with E-state index in [0.29, 0.717) is 12.5 Å². The normalized spacial score (nSPS) is 21.8. The van der Waals surface area contributed by atoms with E-state index in [1.807, 2.05) is 6.07 Å². The van der Waals surface area contributed by atoms with Gasteiger partial charge in [-0.05, 0) is 42.9 Å². The van der Waals surface area contributed by atoms with Gasteiger partial charge in [0.05, 0.1) is 12.7 Å². The number of aliphatic hydroxyl groups is 1. The fraction of sp³-hybridized carbons (Fsp3) is 0.571. The molecule has 2 rings (SSSR count). The maximum Gasteiger partial charge on any atom is 0.125 e. The molecule has 2 nitrogen and oxygen atoms in total. The van der Waals surface area contributed by atoms with E-state index in [-0.39, 0.29) is 6.10 Å². The zero-order valence-corrected chi connectivity index (χ0v) is 10.1. The second-order valence-corrected chi connectivity index (χ2v) is 4.61. The fourth-order valence-electron chi connectivity index (χ4n) is 2.12. The summed E-state index contributed by atoms with van der Waals surface area (Å²) in [6.07, 6.45) is 2.49. The van der Waals surface area contributed by atoms with Crippen LogP contribution in [0.15, 0.2) is 18.2 Å². The van der Waals surface area contributed by atoms with Crippen LogP contribution in [-0.4, -0.2) is 11.7 Å². The van der Waals surface area contributed by atoms with E-state index >= 15 is 0 Å². The second kappa shape index (κ2) is 4.88. The topological polar surface area (TPSA) is 29.5 Å². The molecule has 1 aliphatic rings. The third kappa shape index (κ3) is 2.22. The first-order valence-corrected chi connectivity index (χ1v) is 6.17. The molecule has 0 saturated carbocycles. The van der Waals surface area contributed by atoms with E-state index in [1.54, 1.807) is 0 Å². The van der Waals surface area contributed by atoms with Crippen molar-refractivity contribution >= 4 is 0 Å². The third-order valence-electron chi connectivity index (χ3n) is 3.45. The van der Waals surface area contributed by atoms with Gasteiger partial charge in [0.25, 0.3) is 0 Å². The van der Waals surface area contributed by atoms with Crippen LogP contribution in [0.5, 0.6) is 5.75 Å². The highest BCUT2D eigenvalue weighted by molar-refractivity contribution is 5.40. The largest absolute Gasteiger partial charge is 0.493 e. The molecule has 0 amide bonds. The summed E-state index contributed by atoms with van der Waals surface area (Å²) < 4.78 is 5.63. The lowest BCUT2D eigenvalue weighted by molar-refractivity contribution is 0.167.